The predicted molar refractivity (Wildman–Crippen MR) is 140 cm³/mol. The van der Waals surface area contributed by atoms with E-state index in [0.29, 0.717) is 52.6 Å². The van der Waals surface area contributed by atoms with Gasteiger partial charge in [-0.1, -0.05) is 20.8 Å². The Morgan fingerprint density at radius 3 is 2.57 bits per heavy atom. The Hall–Kier alpha value is -3.20. The van der Waals surface area contributed by atoms with Crippen molar-refractivity contribution in [3.63, 3.8) is 0 Å². The van der Waals surface area contributed by atoms with E-state index in [2.05, 4.69) is 31.1 Å². The molecule has 9 heteroatoms. The molecule has 0 saturated carbocycles. The Labute approximate surface area is 215 Å². The number of rotatable bonds is 6. The molecule has 1 aliphatic rings. The zero-order chi connectivity index (χ0) is 24.8. The molecule has 0 aliphatic carbocycles. The number of amides is 1. The minimum absolute atomic E-state index is 0. The molecule has 1 aromatic heterocycles. The summed E-state index contributed by atoms with van der Waals surface area (Å²) in [5.74, 6) is 0.856. The number of ether oxygens (including phenoxy) is 1. The average molecular weight is 543 g/mol. The van der Waals surface area contributed by atoms with E-state index in [-0.39, 0.29) is 46.5 Å². The van der Waals surface area contributed by atoms with E-state index in [1.165, 1.54) is 0 Å². The third-order valence-corrected chi connectivity index (χ3v) is 5.97. The van der Waals surface area contributed by atoms with Gasteiger partial charge in [0.1, 0.15) is 17.1 Å². The first-order valence-electron chi connectivity index (χ1n) is 11.3. The van der Waals surface area contributed by atoms with Crippen molar-refractivity contribution in [3.05, 3.63) is 58.0 Å². The van der Waals surface area contributed by atoms with Crippen molar-refractivity contribution in [2.45, 2.75) is 46.6 Å². The molecular formula is C26H31BrN4O4. The lowest BCUT2D eigenvalue weighted by Crippen LogP contribution is -2.30. The van der Waals surface area contributed by atoms with Gasteiger partial charge < -0.3 is 19.4 Å². The number of Topliss-reactive ketones (excluding diaryl/α,β-unsaturated/α-hetero) is 1. The maximum Gasteiger partial charge on any atom is 0.254 e. The summed E-state index contributed by atoms with van der Waals surface area (Å²) in [6.45, 7) is 10.7. The quantitative estimate of drug-likeness (QED) is 0.433. The summed E-state index contributed by atoms with van der Waals surface area (Å²) in [7, 11) is 1.56. The number of amidine groups is 1. The molecule has 0 unspecified atom stereocenters. The van der Waals surface area contributed by atoms with Gasteiger partial charge in [0.05, 0.1) is 18.7 Å². The third-order valence-electron chi connectivity index (χ3n) is 5.97. The SMILES string of the molecule is Br.CCOc1cc2c(cc1C(=O)NC)C(=N)N(CC(=O)c1cc(C(C)(C)C)c3oc(C)nc3c1)C2. The maximum absolute atomic E-state index is 13.3. The van der Waals surface area contributed by atoms with Gasteiger partial charge in [0.25, 0.3) is 5.91 Å². The molecule has 4 rings (SSSR count). The van der Waals surface area contributed by atoms with Crippen LogP contribution in [0.15, 0.2) is 28.7 Å². The van der Waals surface area contributed by atoms with Crippen LogP contribution in [0.5, 0.6) is 5.75 Å². The van der Waals surface area contributed by atoms with Crippen molar-refractivity contribution < 1.29 is 18.7 Å². The maximum atomic E-state index is 13.3. The summed E-state index contributed by atoms with van der Waals surface area (Å²) < 4.78 is 11.5. The van der Waals surface area contributed by atoms with Gasteiger partial charge >= 0.3 is 0 Å². The highest BCUT2D eigenvalue weighted by Crippen LogP contribution is 2.33. The zero-order valence-electron chi connectivity index (χ0n) is 20.9. The number of aromatic nitrogens is 1. The topological polar surface area (TPSA) is 109 Å². The number of aryl methyl sites for hydroxylation is 1. The lowest BCUT2D eigenvalue weighted by atomic mass is 9.85. The van der Waals surface area contributed by atoms with Crippen LogP contribution in [-0.4, -0.2) is 47.6 Å². The Kier molecular flexibility index (Phi) is 7.40. The molecule has 0 fully saturated rings. The molecule has 3 aromatic rings. The summed E-state index contributed by atoms with van der Waals surface area (Å²) in [4.78, 5) is 31.8. The highest BCUT2D eigenvalue weighted by Gasteiger charge is 2.30. The molecule has 0 atom stereocenters. The number of nitrogens with zero attached hydrogens (tertiary/aromatic N) is 2. The van der Waals surface area contributed by atoms with Gasteiger partial charge in [-0.3, -0.25) is 15.0 Å². The second-order valence-corrected chi connectivity index (χ2v) is 9.50. The fourth-order valence-corrected chi connectivity index (χ4v) is 4.28. The summed E-state index contributed by atoms with van der Waals surface area (Å²) in [6, 6.07) is 7.10. The molecule has 35 heavy (non-hydrogen) atoms. The summed E-state index contributed by atoms with van der Waals surface area (Å²) in [6.07, 6.45) is 0. The van der Waals surface area contributed by atoms with Crippen LogP contribution in [0.25, 0.3) is 11.1 Å². The lowest BCUT2D eigenvalue weighted by Gasteiger charge is -2.21. The first-order valence-corrected chi connectivity index (χ1v) is 11.3. The smallest absolute Gasteiger partial charge is 0.254 e. The molecule has 1 amide bonds. The number of halogens is 1. The molecule has 0 radical (unpaired) electrons. The van der Waals surface area contributed by atoms with Crippen LogP contribution >= 0.6 is 17.0 Å². The molecule has 0 saturated heterocycles. The average Bonchev–Trinajstić information content (AvgIpc) is 3.29. The van der Waals surface area contributed by atoms with Crippen molar-refractivity contribution in [1.29, 1.82) is 5.41 Å². The van der Waals surface area contributed by atoms with Gasteiger partial charge in [-0.2, -0.15) is 0 Å². The molecule has 8 nitrogen and oxygen atoms in total. The van der Waals surface area contributed by atoms with E-state index < -0.39 is 0 Å². The second kappa shape index (κ2) is 9.81. The van der Waals surface area contributed by atoms with Crippen LogP contribution in [0, 0.1) is 12.3 Å². The molecule has 2 heterocycles. The number of hydrogen-bond acceptors (Lipinski definition) is 6. The number of carbonyl (C=O) groups is 2. The Balaban J connectivity index is 0.00000342. The zero-order valence-corrected chi connectivity index (χ0v) is 22.6. The van der Waals surface area contributed by atoms with E-state index in [1.54, 1.807) is 37.1 Å². The van der Waals surface area contributed by atoms with E-state index in [1.807, 2.05) is 13.0 Å². The van der Waals surface area contributed by atoms with Crippen molar-refractivity contribution in [1.82, 2.24) is 15.2 Å². The monoisotopic (exact) mass is 542 g/mol. The Morgan fingerprint density at radius 2 is 1.94 bits per heavy atom. The molecule has 1 aliphatic heterocycles. The molecule has 186 valence electrons. The molecule has 2 N–H and O–H groups in total. The molecule has 0 spiro atoms. The Morgan fingerprint density at radius 1 is 1.23 bits per heavy atom. The van der Waals surface area contributed by atoms with Gasteiger partial charge in [0.15, 0.2) is 17.3 Å². The van der Waals surface area contributed by atoms with E-state index in [9.17, 15) is 9.59 Å². The molecule has 2 aromatic carbocycles. The Bertz CT molecular complexity index is 1320. The first kappa shape index (κ1) is 26.4. The predicted octanol–water partition coefficient (Wildman–Crippen LogP) is 4.79. The fraction of sp³-hybridized carbons (Fsp3) is 0.385. The largest absolute Gasteiger partial charge is 0.493 e. The number of hydrogen-bond donors (Lipinski definition) is 2. The number of benzene rings is 2. The number of oxazole rings is 1. The van der Waals surface area contributed by atoms with Crippen molar-refractivity contribution >= 4 is 45.6 Å². The summed E-state index contributed by atoms with van der Waals surface area (Å²) >= 11 is 0. The second-order valence-electron chi connectivity index (χ2n) is 9.50. The highest BCUT2D eigenvalue weighted by molar-refractivity contribution is 8.93. The normalized spacial score (nSPS) is 13.0. The summed E-state index contributed by atoms with van der Waals surface area (Å²) in [5.41, 5.74) is 4.45. The van der Waals surface area contributed by atoms with Crippen molar-refractivity contribution in [2.75, 3.05) is 20.2 Å². The standard InChI is InChI=1S/C26H30N4O4.BrH/c1-7-33-22-10-16-12-30(24(27)17(16)11-18(22)25(32)28-6)13-21(31)15-8-19(26(3,4)5)23-20(9-15)29-14(2)34-23;/h8-11,27H,7,12-13H2,1-6H3,(H,28,32);1H. The number of fused-ring (bicyclic) bond motifs is 2. The van der Waals surface area contributed by atoms with Crippen LogP contribution in [0.3, 0.4) is 0 Å². The van der Waals surface area contributed by atoms with Crippen molar-refractivity contribution in [2.24, 2.45) is 0 Å². The van der Waals surface area contributed by atoms with Crippen LogP contribution in [0.2, 0.25) is 0 Å². The summed E-state index contributed by atoms with van der Waals surface area (Å²) in [5, 5.41) is 11.3. The van der Waals surface area contributed by atoms with Gasteiger partial charge in [-0.25, -0.2) is 4.98 Å². The van der Waals surface area contributed by atoms with E-state index in [0.717, 1.165) is 11.1 Å². The van der Waals surface area contributed by atoms with Gasteiger partial charge in [0.2, 0.25) is 0 Å². The van der Waals surface area contributed by atoms with Gasteiger partial charge in [-0.05, 0) is 42.2 Å². The fourth-order valence-electron chi connectivity index (χ4n) is 4.28. The lowest BCUT2D eigenvalue weighted by molar-refractivity contribution is 0.0953. The van der Waals surface area contributed by atoms with E-state index >= 15 is 0 Å². The minimum Gasteiger partial charge on any atom is -0.493 e. The van der Waals surface area contributed by atoms with Crippen LogP contribution < -0.4 is 10.1 Å². The van der Waals surface area contributed by atoms with Crippen LogP contribution in [0.1, 0.15) is 71.0 Å². The minimum atomic E-state index is -0.278. The van der Waals surface area contributed by atoms with Crippen molar-refractivity contribution in [3.8, 4) is 5.75 Å². The molecular weight excluding hydrogens is 512 g/mol. The van der Waals surface area contributed by atoms with Crippen LogP contribution in [0.4, 0.5) is 0 Å². The molecule has 0 bridgehead atoms. The van der Waals surface area contributed by atoms with Gasteiger partial charge in [0, 0.05) is 37.2 Å². The highest BCUT2D eigenvalue weighted by atomic mass is 79.9. The van der Waals surface area contributed by atoms with Crippen LogP contribution in [-0.2, 0) is 12.0 Å². The number of ketones is 1. The number of nitrogens with one attached hydrogen (secondary N) is 2. The third kappa shape index (κ3) is 4.96. The van der Waals surface area contributed by atoms with E-state index in [4.69, 9.17) is 14.6 Å². The van der Waals surface area contributed by atoms with Gasteiger partial charge in [-0.15, -0.1) is 17.0 Å². The number of carbonyl (C=O) groups excluding carboxylic acids is 2. The first-order chi connectivity index (χ1) is 16.0.